The molecular formula is C17H21NO5S. The summed E-state index contributed by atoms with van der Waals surface area (Å²) in [6.45, 7) is 1.72. The summed E-state index contributed by atoms with van der Waals surface area (Å²) in [6.07, 6.45) is 5.53. The van der Waals surface area contributed by atoms with Gasteiger partial charge in [0.15, 0.2) is 6.61 Å². The molecule has 1 N–H and O–H groups in total. The fraction of sp³-hybridized carbons (Fsp3) is 0.588. The Labute approximate surface area is 144 Å². The molecule has 1 aromatic rings. The molecule has 0 aromatic carbocycles. The van der Waals surface area contributed by atoms with Crippen LogP contribution >= 0.6 is 11.3 Å². The first-order valence-corrected chi connectivity index (χ1v) is 9.20. The quantitative estimate of drug-likeness (QED) is 0.797. The number of carbonyl (C=O) groups excluding carboxylic acids is 3. The van der Waals surface area contributed by atoms with E-state index in [1.54, 1.807) is 6.92 Å². The van der Waals surface area contributed by atoms with Crippen LogP contribution in [0.25, 0.3) is 0 Å². The van der Waals surface area contributed by atoms with Gasteiger partial charge in [-0.05, 0) is 51.0 Å². The number of aryl methyl sites for hydroxylation is 1. The van der Waals surface area contributed by atoms with E-state index in [9.17, 15) is 14.4 Å². The lowest BCUT2D eigenvalue weighted by atomic mass is 9.95. The Morgan fingerprint density at radius 3 is 2.62 bits per heavy atom. The summed E-state index contributed by atoms with van der Waals surface area (Å²) in [5.74, 6) is -1.18. The molecule has 0 saturated heterocycles. The van der Waals surface area contributed by atoms with Gasteiger partial charge in [-0.1, -0.05) is 0 Å². The molecule has 0 radical (unpaired) electrons. The predicted octanol–water partition coefficient (Wildman–Crippen LogP) is 2.70. The number of amides is 1. The van der Waals surface area contributed by atoms with Crippen molar-refractivity contribution in [2.24, 2.45) is 5.92 Å². The molecule has 0 atom stereocenters. The lowest BCUT2D eigenvalue weighted by Crippen LogP contribution is -2.22. The van der Waals surface area contributed by atoms with E-state index in [4.69, 9.17) is 9.47 Å². The van der Waals surface area contributed by atoms with Gasteiger partial charge in [0.2, 0.25) is 0 Å². The number of ether oxygens (including phenoxy) is 2. The molecule has 3 rings (SSSR count). The Bertz CT molecular complexity index is 662. The largest absolute Gasteiger partial charge is 0.462 e. The summed E-state index contributed by atoms with van der Waals surface area (Å²) >= 11 is 1.42. The third-order valence-electron chi connectivity index (χ3n) is 4.16. The van der Waals surface area contributed by atoms with Gasteiger partial charge in [0.25, 0.3) is 5.91 Å². The Balaban J connectivity index is 1.71. The minimum atomic E-state index is -0.423. The summed E-state index contributed by atoms with van der Waals surface area (Å²) in [5.41, 5.74) is 1.47. The number of fused-ring (bicyclic) bond motifs is 1. The van der Waals surface area contributed by atoms with Crippen LogP contribution in [0.5, 0.6) is 0 Å². The lowest BCUT2D eigenvalue weighted by Gasteiger charge is -2.12. The molecule has 130 valence electrons. The van der Waals surface area contributed by atoms with Crippen molar-refractivity contribution in [2.45, 2.75) is 45.4 Å². The van der Waals surface area contributed by atoms with Crippen molar-refractivity contribution in [3.8, 4) is 0 Å². The highest BCUT2D eigenvalue weighted by molar-refractivity contribution is 7.17. The van der Waals surface area contributed by atoms with E-state index in [1.807, 2.05) is 0 Å². The summed E-state index contributed by atoms with van der Waals surface area (Å²) in [6, 6.07) is 0. The van der Waals surface area contributed by atoms with Crippen LogP contribution in [0.3, 0.4) is 0 Å². The second-order valence-electron chi connectivity index (χ2n) is 6.07. The third kappa shape index (κ3) is 3.77. The summed E-state index contributed by atoms with van der Waals surface area (Å²) in [5, 5.41) is 3.23. The molecule has 0 unspecified atom stereocenters. The molecule has 1 aromatic heterocycles. The fourth-order valence-corrected chi connectivity index (χ4v) is 4.10. The van der Waals surface area contributed by atoms with Crippen LogP contribution in [0.1, 0.15) is 53.4 Å². The molecule has 1 fully saturated rings. The number of hydrogen-bond donors (Lipinski definition) is 1. The molecular weight excluding hydrogens is 330 g/mol. The van der Waals surface area contributed by atoms with Crippen LogP contribution in [0.2, 0.25) is 0 Å². The topological polar surface area (TPSA) is 81.7 Å². The molecule has 2 aliphatic rings. The van der Waals surface area contributed by atoms with Gasteiger partial charge in [-0.25, -0.2) is 4.79 Å². The van der Waals surface area contributed by atoms with Crippen LogP contribution in [-0.2, 0) is 31.9 Å². The molecule has 24 heavy (non-hydrogen) atoms. The maximum absolute atomic E-state index is 12.3. The molecule has 7 heteroatoms. The molecule has 6 nitrogen and oxygen atoms in total. The Morgan fingerprint density at radius 2 is 1.92 bits per heavy atom. The summed E-state index contributed by atoms with van der Waals surface area (Å²) in [4.78, 5) is 37.0. The van der Waals surface area contributed by atoms with Crippen molar-refractivity contribution in [1.29, 1.82) is 0 Å². The Hall–Kier alpha value is -1.89. The van der Waals surface area contributed by atoms with Gasteiger partial charge in [0.1, 0.15) is 5.00 Å². The van der Waals surface area contributed by atoms with E-state index < -0.39 is 11.9 Å². The second kappa shape index (κ2) is 7.34. The number of anilines is 1. The third-order valence-corrected chi connectivity index (χ3v) is 5.37. The molecule has 2 aliphatic carbocycles. The first-order valence-electron chi connectivity index (χ1n) is 8.38. The van der Waals surface area contributed by atoms with Crippen molar-refractivity contribution in [2.75, 3.05) is 18.5 Å². The fourth-order valence-electron chi connectivity index (χ4n) is 2.81. The Morgan fingerprint density at radius 1 is 1.17 bits per heavy atom. The monoisotopic (exact) mass is 351 g/mol. The maximum Gasteiger partial charge on any atom is 0.341 e. The van der Waals surface area contributed by atoms with Gasteiger partial charge < -0.3 is 14.8 Å². The number of esters is 2. The van der Waals surface area contributed by atoms with Crippen molar-refractivity contribution >= 4 is 34.2 Å². The van der Waals surface area contributed by atoms with Gasteiger partial charge in [-0.15, -0.1) is 11.3 Å². The van der Waals surface area contributed by atoms with Crippen molar-refractivity contribution < 1.29 is 23.9 Å². The van der Waals surface area contributed by atoms with E-state index >= 15 is 0 Å². The van der Waals surface area contributed by atoms with Gasteiger partial charge in [-0.3, -0.25) is 9.59 Å². The van der Waals surface area contributed by atoms with E-state index in [1.165, 1.54) is 11.3 Å². The second-order valence-corrected chi connectivity index (χ2v) is 7.17. The van der Waals surface area contributed by atoms with Crippen molar-refractivity contribution in [3.63, 3.8) is 0 Å². The standard InChI is InChI=1S/C17H21NO5S/c1-2-22-17(21)14-11-5-3-4-6-12(11)24-15(14)18-13(19)9-23-16(20)10-7-8-10/h10H,2-9H2,1H3,(H,18,19). The molecule has 1 saturated carbocycles. The predicted molar refractivity (Wildman–Crippen MR) is 89.2 cm³/mol. The minimum Gasteiger partial charge on any atom is -0.462 e. The van der Waals surface area contributed by atoms with Crippen LogP contribution in [-0.4, -0.2) is 31.1 Å². The van der Waals surface area contributed by atoms with E-state index in [0.717, 1.165) is 49.0 Å². The number of carbonyl (C=O) groups is 3. The molecule has 1 amide bonds. The van der Waals surface area contributed by atoms with Gasteiger partial charge in [0.05, 0.1) is 18.1 Å². The minimum absolute atomic E-state index is 0.0399. The highest BCUT2D eigenvalue weighted by Crippen LogP contribution is 2.38. The van der Waals surface area contributed by atoms with Crippen molar-refractivity contribution in [1.82, 2.24) is 0 Å². The zero-order chi connectivity index (χ0) is 17.1. The van der Waals surface area contributed by atoms with Gasteiger partial charge in [0, 0.05) is 4.88 Å². The highest BCUT2D eigenvalue weighted by Gasteiger charge is 2.32. The van der Waals surface area contributed by atoms with E-state index in [0.29, 0.717) is 10.6 Å². The highest BCUT2D eigenvalue weighted by atomic mass is 32.1. The zero-order valence-corrected chi connectivity index (χ0v) is 14.5. The van der Waals surface area contributed by atoms with Crippen molar-refractivity contribution in [3.05, 3.63) is 16.0 Å². The smallest absolute Gasteiger partial charge is 0.341 e. The SMILES string of the molecule is CCOC(=O)c1c(NC(=O)COC(=O)C2CC2)sc2c1CCCC2. The van der Waals surface area contributed by atoms with E-state index in [-0.39, 0.29) is 25.1 Å². The normalized spacial score (nSPS) is 16.2. The first kappa shape index (κ1) is 17.0. The molecule has 0 bridgehead atoms. The maximum atomic E-state index is 12.3. The lowest BCUT2D eigenvalue weighted by molar-refractivity contribution is -0.148. The van der Waals surface area contributed by atoms with Crippen LogP contribution < -0.4 is 5.32 Å². The average molecular weight is 351 g/mol. The Kier molecular flexibility index (Phi) is 5.18. The van der Waals surface area contributed by atoms with E-state index in [2.05, 4.69) is 5.32 Å². The number of hydrogen-bond acceptors (Lipinski definition) is 6. The van der Waals surface area contributed by atoms with Gasteiger partial charge >= 0.3 is 11.9 Å². The molecule has 0 spiro atoms. The average Bonchev–Trinajstić information content (AvgIpc) is 3.34. The number of nitrogens with one attached hydrogen (secondary N) is 1. The number of rotatable bonds is 6. The molecule has 0 aliphatic heterocycles. The number of thiophene rings is 1. The van der Waals surface area contributed by atoms with Crippen LogP contribution in [0.4, 0.5) is 5.00 Å². The van der Waals surface area contributed by atoms with Crippen LogP contribution in [0, 0.1) is 5.92 Å². The van der Waals surface area contributed by atoms with Gasteiger partial charge in [-0.2, -0.15) is 0 Å². The summed E-state index contributed by atoms with van der Waals surface area (Å²) < 4.78 is 10.1. The first-order chi connectivity index (χ1) is 11.6. The van der Waals surface area contributed by atoms with Crippen LogP contribution in [0.15, 0.2) is 0 Å². The summed E-state index contributed by atoms with van der Waals surface area (Å²) in [7, 11) is 0. The zero-order valence-electron chi connectivity index (χ0n) is 13.7. The molecule has 1 heterocycles.